The highest BCUT2D eigenvalue weighted by atomic mass is 16.5. The summed E-state index contributed by atoms with van der Waals surface area (Å²) in [5.74, 6) is -2.38. The molecule has 0 radical (unpaired) electrons. The van der Waals surface area contributed by atoms with Gasteiger partial charge in [-0.05, 0) is 24.6 Å². The van der Waals surface area contributed by atoms with Crippen molar-refractivity contribution in [2.45, 2.75) is 13.0 Å². The summed E-state index contributed by atoms with van der Waals surface area (Å²) in [6.45, 7) is 5.33. The molecule has 0 aromatic heterocycles. The Morgan fingerprint density at radius 2 is 1.61 bits per heavy atom. The summed E-state index contributed by atoms with van der Waals surface area (Å²) in [7, 11) is 4.94. The van der Waals surface area contributed by atoms with Crippen molar-refractivity contribution in [1.82, 2.24) is 4.90 Å². The highest BCUT2D eigenvalue weighted by Gasteiger charge is 2.14. The van der Waals surface area contributed by atoms with Gasteiger partial charge in [0.2, 0.25) is 0 Å². The van der Waals surface area contributed by atoms with E-state index in [4.69, 9.17) is 38.7 Å². The van der Waals surface area contributed by atoms with Crippen LogP contribution in [-0.2, 0) is 19.1 Å². The van der Waals surface area contributed by atoms with E-state index in [2.05, 4.69) is 4.90 Å². The van der Waals surface area contributed by atoms with Crippen LogP contribution in [0.1, 0.15) is 12.5 Å². The van der Waals surface area contributed by atoms with Crippen molar-refractivity contribution in [3.05, 3.63) is 29.8 Å². The number of aliphatic carboxylic acids is 2. The molecule has 3 N–H and O–H groups in total. The molecule has 0 saturated carbocycles. The number of carbonyl (C=O) groups is 2. The minimum Gasteiger partial charge on any atom is -0.493 e. The van der Waals surface area contributed by atoms with E-state index in [0.717, 1.165) is 18.7 Å². The maximum Gasteiger partial charge on any atom is 0.414 e. The minimum atomic E-state index is -1.82. The van der Waals surface area contributed by atoms with Gasteiger partial charge >= 0.3 is 11.9 Å². The molecule has 1 aromatic carbocycles. The number of ether oxygens (including phenoxy) is 4. The summed E-state index contributed by atoms with van der Waals surface area (Å²) in [6.07, 6.45) is 3.34. The molecule has 1 atom stereocenters. The first-order valence-corrected chi connectivity index (χ1v) is 9.57. The molecule has 0 spiro atoms. The van der Waals surface area contributed by atoms with E-state index >= 15 is 0 Å². The second kappa shape index (κ2) is 17.1. The van der Waals surface area contributed by atoms with E-state index in [0.29, 0.717) is 31.3 Å². The van der Waals surface area contributed by atoms with Crippen molar-refractivity contribution in [1.29, 1.82) is 0 Å². The first-order valence-electron chi connectivity index (χ1n) is 9.57. The zero-order valence-corrected chi connectivity index (χ0v) is 18.4. The molecule has 31 heavy (non-hydrogen) atoms. The molecule has 0 bridgehead atoms. The summed E-state index contributed by atoms with van der Waals surface area (Å²) < 4.78 is 21.3. The maximum absolute atomic E-state index is 10.3. The Morgan fingerprint density at radius 1 is 1.03 bits per heavy atom. The van der Waals surface area contributed by atoms with Gasteiger partial charge < -0.3 is 34.3 Å². The number of rotatable bonds is 13. The standard InChI is InChI=1S/C19H31NO5.C2H2O4/c1-5-6-16-7-8-18(19(13-16)24-4)25-15-17(21)14-20(9-11-22-2)10-12-23-3;3-1(4)2(5)6/h5-8,13,17,21H,9-12,14-15H2,1-4H3;(H,3,4)(H,5,6)/b6-5+;. The van der Waals surface area contributed by atoms with Crippen LogP contribution in [0, 0.1) is 0 Å². The molecule has 0 amide bonds. The fourth-order valence-electron chi connectivity index (χ4n) is 2.37. The molecule has 10 heteroatoms. The van der Waals surface area contributed by atoms with Crippen molar-refractivity contribution in [2.24, 2.45) is 0 Å². The van der Waals surface area contributed by atoms with E-state index in [9.17, 15) is 5.11 Å². The first kappa shape index (κ1) is 28.3. The molecule has 0 aliphatic heterocycles. The van der Waals surface area contributed by atoms with Crippen molar-refractivity contribution in [3.63, 3.8) is 0 Å². The van der Waals surface area contributed by atoms with Crippen LogP contribution < -0.4 is 9.47 Å². The monoisotopic (exact) mass is 443 g/mol. The number of allylic oxidation sites excluding steroid dienone is 1. The van der Waals surface area contributed by atoms with E-state index in [1.807, 2.05) is 37.3 Å². The third-order valence-corrected chi connectivity index (χ3v) is 3.85. The van der Waals surface area contributed by atoms with Gasteiger partial charge in [-0.1, -0.05) is 18.2 Å². The number of aliphatic hydroxyl groups excluding tert-OH is 1. The van der Waals surface area contributed by atoms with Crippen LogP contribution in [0.25, 0.3) is 6.08 Å². The predicted octanol–water partition coefficient (Wildman–Crippen LogP) is 1.22. The molecule has 0 saturated heterocycles. The van der Waals surface area contributed by atoms with Gasteiger partial charge in [0, 0.05) is 33.9 Å². The van der Waals surface area contributed by atoms with Gasteiger partial charge in [0.15, 0.2) is 11.5 Å². The lowest BCUT2D eigenvalue weighted by molar-refractivity contribution is -0.159. The Kier molecular flexibility index (Phi) is 15.6. The smallest absolute Gasteiger partial charge is 0.414 e. The Balaban J connectivity index is 0.00000131. The average Bonchev–Trinajstić information content (AvgIpc) is 2.75. The van der Waals surface area contributed by atoms with Gasteiger partial charge in [-0.3, -0.25) is 4.90 Å². The van der Waals surface area contributed by atoms with E-state index < -0.39 is 18.0 Å². The van der Waals surface area contributed by atoms with Gasteiger partial charge in [0.1, 0.15) is 12.7 Å². The zero-order chi connectivity index (χ0) is 23.6. The number of benzene rings is 1. The minimum absolute atomic E-state index is 0.190. The Bertz CT molecular complexity index is 659. The highest BCUT2D eigenvalue weighted by molar-refractivity contribution is 6.27. The van der Waals surface area contributed by atoms with Crippen molar-refractivity contribution < 1.29 is 43.9 Å². The third-order valence-electron chi connectivity index (χ3n) is 3.85. The maximum atomic E-state index is 10.3. The van der Waals surface area contributed by atoms with E-state index in [1.54, 1.807) is 21.3 Å². The summed E-state index contributed by atoms with van der Waals surface area (Å²) >= 11 is 0. The molecular weight excluding hydrogens is 410 g/mol. The lowest BCUT2D eigenvalue weighted by Gasteiger charge is -2.24. The van der Waals surface area contributed by atoms with Crippen LogP contribution in [0.3, 0.4) is 0 Å². The number of carboxylic acid groups (broad SMARTS) is 2. The van der Waals surface area contributed by atoms with E-state index in [-0.39, 0.29) is 6.61 Å². The summed E-state index contributed by atoms with van der Waals surface area (Å²) in [5, 5.41) is 25.1. The second-order valence-electron chi connectivity index (χ2n) is 6.27. The molecular formula is C21H33NO9. The topological polar surface area (TPSA) is 135 Å². The predicted molar refractivity (Wildman–Crippen MR) is 115 cm³/mol. The molecule has 0 fully saturated rings. The lowest BCUT2D eigenvalue weighted by Crippen LogP contribution is -2.39. The molecule has 1 rings (SSSR count). The van der Waals surface area contributed by atoms with Crippen LogP contribution >= 0.6 is 0 Å². The van der Waals surface area contributed by atoms with E-state index in [1.165, 1.54) is 0 Å². The van der Waals surface area contributed by atoms with Gasteiger partial charge in [-0.25, -0.2) is 9.59 Å². The number of aliphatic hydroxyl groups is 1. The molecule has 176 valence electrons. The fourth-order valence-corrected chi connectivity index (χ4v) is 2.37. The Morgan fingerprint density at radius 3 is 2.06 bits per heavy atom. The SMILES string of the molecule is C/C=C/c1ccc(OCC(O)CN(CCOC)CCOC)c(OC)c1.O=C(O)C(=O)O. The van der Waals surface area contributed by atoms with Gasteiger partial charge in [0.25, 0.3) is 0 Å². The normalized spacial score (nSPS) is 11.7. The van der Waals surface area contributed by atoms with Crippen LogP contribution in [0.4, 0.5) is 0 Å². The van der Waals surface area contributed by atoms with Gasteiger partial charge in [-0.2, -0.15) is 0 Å². The zero-order valence-electron chi connectivity index (χ0n) is 18.4. The van der Waals surface area contributed by atoms with Crippen LogP contribution in [-0.4, -0.2) is 99.0 Å². The van der Waals surface area contributed by atoms with Crippen LogP contribution in [0.15, 0.2) is 24.3 Å². The molecule has 10 nitrogen and oxygen atoms in total. The van der Waals surface area contributed by atoms with Gasteiger partial charge in [0.05, 0.1) is 20.3 Å². The average molecular weight is 443 g/mol. The van der Waals surface area contributed by atoms with Crippen molar-refractivity contribution >= 4 is 18.0 Å². The second-order valence-corrected chi connectivity index (χ2v) is 6.27. The number of carboxylic acids is 2. The summed E-state index contributed by atoms with van der Waals surface area (Å²) in [6, 6.07) is 5.72. The van der Waals surface area contributed by atoms with Crippen molar-refractivity contribution in [2.75, 3.05) is 60.8 Å². The lowest BCUT2D eigenvalue weighted by atomic mass is 10.2. The molecule has 0 aliphatic carbocycles. The van der Waals surface area contributed by atoms with Crippen LogP contribution in [0.2, 0.25) is 0 Å². The first-order chi connectivity index (χ1) is 14.8. The quantitative estimate of drug-likeness (QED) is 0.382. The number of methoxy groups -OCH3 is 3. The summed E-state index contributed by atoms with van der Waals surface area (Å²) in [5.41, 5.74) is 1.04. The third kappa shape index (κ3) is 13.3. The van der Waals surface area contributed by atoms with Crippen molar-refractivity contribution in [3.8, 4) is 11.5 Å². The molecule has 0 heterocycles. The highest BCUT2D eigenvalue weighted by Crippen LogP contribution is 2.28. The molecule has 1 unspecified atom stereocenters. The number of hydrogen-bond acceptors (Lipinski definition) is 8. The number of hydrogen-bond donors (Lipinski definition) is 3. The Hall–Kier alpha value is -2.66. The largest absolute Gasteiger partial charge is 0.493 e. The molecule has 1 aromatic rings. The fraction of sp³-hybridized carbons (Fsp3) is 0.524. The Labute approximate surface area is 182 Å². The van der Waals surface area contributed by atoms with Crippen LogP contribution in [0.5, 0.6) is 11.5 Å². The molecule has 0 aliphatic rings. The van der Waals surface area contributed by atoms with Gasteiger partial charge in [-0.15, -0.1) is 0 Å². The summed E-state index contributed by atoms with van der Waals surface area (Å²) in [4.78, 5) is 20.3. The number of nitrogens with zero attached hydrogens (tertiary/aromatic N) is 1.